The molecule has 1 amide bonds. The first-order chi connectivity index (χ1) is 14.5. The van der Waals surface area contributed by atoms with E-state index in [9.17, 15) is 9.18 Å². The molecule has 0 aliphatic heterocycles. The number of halogens is 2. The van der Waals surface area contributed by atoms with E-state index in [0.29, 0.717) is 28.0 Å². The van der Waals surface area contributed by atoms with Gasteiger partial charge in [-0.15, -0.1) is 5.10 Å². The van der Waals surface area contributed by atoms with Gasteiger partial charge < -0.3 is 10.1 Å². The second kappa shape index (κ2) is 8.34. The molecule has 0 aliphatic rings. The number of aromatic nitrogens is 3. The van der Waals surface area contributed by atoms with Crippen molar-refractivity contribution >= 4 is 23.2 Å². The van der Waals surface area contributed by atoms with Crippen LogP contribution in [0.4, 0.5) is 10.1 Å². The molecule has 3 aromatic carbocycles. The highest BCUT2D eigenvalue weighted by atomic mass is 35.5. The van der Waals surface area contributed by atoms with Crippen LogP contribution in [0.2, 0.25) is 5.02 Å². The number of hydrogen-bond acceptors (Lipinski definition) is 4. The summed E-state index contributed by atoms with van der Waals surface area (Å²) < 4.78 is 19.9. The predicted molar refractivity (Wildman–Crippen MR) is 113 cm³/mol. The van der Waals surface area contributed by atoms with Crippen molar-refractivity contribution in [2.24, 2.45) is 0 Å². The summed E-state index contributed by atoms with van der Waals surface area (Å²) >= 11 is 6.00. The first-order valence-corrected chi connectivity index (χ1v) is 9.35. The summed E-state index contributed by atoms with van der Waals surface area (Å²) in [5.41, 5.74) is 1.88. The van der Waals surface area contributed by atoms with Gasteiger partial charge in [-0.3, -0.25) is 4.79 Å². The van der Waals surface area contributed by atoms with Crippen LogP contribution in [0.25, 0.3) is 17.1 Å². The summed E-state index contributed by atoms with van der Waals surface area (Å²) in [6, 6.07) is 19.7. The lowest BCUT2D eigenvalue weighted by Crippen LogP contribution is -2.14. The zero-order chi connectivity index (χ0) is 21.1. The van der Waals surface area contributed by atoms with Gasteiger partial charge in [0.05, 0.1) is 12.8 Å². The summed E-state index contributed by atoms with van der Waals surface area (Å²) in [5.74, 6) is 0.249. The fourth-order valence-corrected chi connectivity index (χ4v) is 2.94. The van der Waals surface area contributed by atoms with E-state index in [1.54, 1.807) is 48.2 Å². The molecule has 0 bridgehead atoms. The molecule has 4 aromatic rings. The Kier molecular flexibility index (Phi) is 5.45. The average Bonchev–Trinajstić information content (AvgIpc) is 3.21. The Bertz CT molecular complexity index is 1170. The Hall–Kier alpha value is -3.71. The lowest BCUT2D eigenvalue weighted by Gasteiger charge is -2.07. The second-order valence-electron chi connectivity index (χ2n) is 6.34. The molecule has 0 fully saturated rings. The largest absolute Gasteiger partial charge is 0.497 e. The van der Waals surface area contributed by atoms with E-state index < -0.39 is 5.91 Å². The highest BCUT2D eigenvalue weighted by Crippen LogP contribution is 2.25. The number of amides is 1. The monoisotopic (exact) mass is 422 g/mol. The van der Waals surface area contributed by atoms with E-state index in [1.807, 2.05) is 12.1 Å². The number of hydrogen-bond donors (Lipinski definition) is 1. The molecule has 8 heteroatoms. The van der Waals surface area contributed by atoms with Gasteiger partial charge in [-0.25, -0.2) is 14.1 Å². The first-order valence-electron chi connectivity index (χ1n) is 8.98. The molecule has 0 aliphatic carbocycles. The number of nitrogens with zero attached hydrogens (tertiary/aromatic N) is 3. The Balaban J connectivity index is 1.73. The van der Waals surface area contributed by atoms with Crippen molar-refractivity contribution in [3.8, 4) is 22.8 Å². The molecule has 150 valence electrons. The van der Waals surface area contributed by atoms with E-state index >= 15 is 0 Å². The molecule has 1 aromatic heterocycles. The molecule has 4 rings (SSSR count). The van der Waals surface area contributed by atoms with Crippen LogP contribution in [-0.4, -0.2) is 27.8 Å². The number of rotatable bonds is 5. The first kappa shape index (κ1) is 19.6. The SMILES string of the molecule is COc1ccc(-c2nc(C(=O)Nc3ccc(F)cc3)nn2-c2ccc(Cl)cc2)cc1. The molecule has 0 radical (unpaired) electrons. The molecule has 6 nitrogen and oxygen atoms in total. The lowest BCUT2D eigenvalue weighted by molar-refractivity contribution is 0.101. The lowest BCUT2D eigenvalue weighted by atomic mass is 10.2. The van der Waals surface area contributed by atoms with Gasteiger partial charge in [0, 0.05) is 16.3 Å². The minimum absolute atomic E-state index is 0.0277. The van der Waals surface area contributed by atoms with Crippen LogP contribution in [0, 0.1) is 5.82 Å². The fourth-order valence-electron chi connectivity index (χ4n) is 2.82. The van der Waals surface area contributed by atoms with Gasteiger partial charge in [0.25, 0.3) is 5.91 Å². The maximum Gasteiger partial charge on any atom is 0.295 e. The summed E-state index contributed by atoms with van der Waals surface area (Å²) in [6.07, 6.45) is 0. The van der Waals surface area contributed by atoms with Gasteiger partial charge in [-0.1, -0.05) is 11.6 Å². The maximum absolute atomic E-state index is 13.1. The van der Waals surface area contributed by atoms with Crippen molar-refractivity contribution < 1.29 is 13.9 Å². The number of benzene rings is 3. The van der Waals surface area contributed by atoms with Crippen molar-refractivity contribution in [1.29, 1.82) is 0 Å². The Labute approximate surface area is 176 Å². The summed E-state index contributed by atoms with van der Waals surface area (Å²) in [4.78, 5) is 17.1. The molecule has 0 unspecified atom stereocenters. The van der Waals surface area contributed by atoms with Gasteiger partial charge in [-0.05, 0) is 72.8 Å². The van der Waals surface area contributed by atoms with Crippen molar-refractivity contribution in [1.82, 2.24) is 14.8 Å². The number of anilines is 1. The summed E-state index contributed by atoms with van der Waals surface area (Å²) in [6.45, 7) is 0. The number of nitrogens with one attached hydrogen (secondary N) is 1. The van der Waals surface area contributed by atoms with E-state index in [1.165, 1.54) is 24.3 Å². The molecule has 0 saturated carbocycles. The quantitative estimate of drug-likeness (QED) is 0.492. The Morgan fingerprint density at radius 3 is 2.30 bits per heavy atom. The second-order valence-corrected chi connectivity index (χ2v) is 6.77. The van der Waals surface area contributed by atoms with E-state index in [-0.39, 0.29) is 11.6 Å². The van der Waals surface area contributed by atoms with Crippen LogP contribution in [0.5, 0.6) is 5.75 Å². The number of carbonyl (C=O) groups excluding carboxylic acids is 1. The van der Waals surface area contributed by atoms with E-state index in [2.05, 4.69) is 15.4 Å². The van der Waals surface area contributed by atoms with Crippen molar-refractivity contribution in [3.05, 3.63) is 89.5 Å². The molecule has 0 spiro atoms. The van der Waals surface area contributed by atoms with Gasteiger partial charge in [0.2, 0.25) is 5.82 Å². The summed E-state index contributed by atoms with van der Waals surface area (Å²) in [7, 11) is 1.59. The zero-order valence-electron chi connectivity index (χ0n) is 15.8. The highest BCUT2D eigenvalue weighted by Gasteiger charge is 2.19. The zero-order valence-corrected chi connectivity index (χ0v) is 16.6. The minimum atomic E-state index is -0.510. The van der Waals surface area contributed by atoms with E-state index in [4.69, 9.17) is 16.3 Å². The molecular formula is C22H16ClFN4O2. The van der Waals surface area contributed by atoms with Gasteiger partial charge >= 0.3 is 0 Å². The Morgan fingerprint density at radius 2 is 1.67 bits per heavy atom. The van der Waals surface area contributed by atoms with Crippen LogP contribution >= 0.6 is 11.6 Å². The highest BCUT2D eigenvalue weighted by molar-refractivity contribution is 6.30. The average molecular weight is 423 g/mol. The van der Waals surface area contributed by atoms with Gasteiger partial charge in [0.1, 0.15) is 11.6 Å². The predicted octanol–water partition coefficient (Wildman–Crippen LogP) is 4.99. The molecular weight excluding hydrogens is 407 g/mol. The van der Waals surface area contributed by atoms with Crippen LogP contribution in [0.1, 0.15) is 10.6 Å². The van der Waals surface area contributed by atoms with Crippen molar-refractivity contribution in [3.63, 3.8) is 0 Å². The third kappa shape index (κ3) is 4.16. The molecule has 0 saturated heterocycles. The Morgan fingerprint density at radius 1 is 1.00 bits per heavy atom. The number of methoxy groups -OCH3 is 1. The smallest absolute Gasteiger partial charge is 0.295 e. The topological polar surface area (TPSA) is 69.0 Å². The fraction of sp³-hybridized carbons (Fsp3) is 0.0455. The third-order valence-corrected chi connectivity index (χ3v) is 4.58. The van der Waals surface area contributed by atoms with E-state index in [0.717, 1.165) is 5.56 Å². The van der Waals surface area contributed by atoms with Crippen LogP contribution in [-0.2, 0) is 0 Å². The summed E-state index contributed by atoms with van der Waals surface area (Å²) in [5, 5.41) is 7.64. The molecule has 0 atom stereocenters. The van der Waals surface area contributed by atoms with Crippen molar-refractivity contribution in [2.45, 2.75) is 0 Å². The minimum Gasteiger partial charge on any atom is -0.497 e. The number of ether oxygens (including phenoxy) is 1. The van der Waals surface area contributed by atoms with Crippen molar-refractivity contribution in [2.75, 3.05) is 12.4 Å². The maximum atomic E-state index is 13.1. The molecule has 30 heavy (non-hydrogen) atoms. The van der Waals surface area contributed by atoms with Crippen LogP contribution in [0.3, 0.4) is 0 Å². The van der Waals surface area contributed by atoms with Crippen LogP contribution in [0.15, 0.2) is 72.8 Å². The third-order valence-electron chi connectivity index (χ3n) is 4.33. The van der Waals surface area contributed by atoms with Gasteiger partial charge in [-0.2, -0.15) is 0 Å². The normalized spacial score (nSPS) is 10.6. The molecule has 1 heterocycles. The standard InChI is InChI=1S/C22H16ClFN4O2/c1-30-19-12-2-14(3-13-19)21-26-20(22(29)25-17-8-6-16(24)7-9-17)27-28(21)18-10-4-15(23)5-11-18/h2-13H,1H3,(H,25,29). The molecule has 1 N–H and O–H groups in total. The van der Waals surface area contributed by atoms with Gasteiger partial charge in [0.15, 0.2) is 5.82 Å². The van der Waals surface area contributed by atoms with Crippen LogP contribution < -0.4 is 10.1 Å². The number of carbonyl (C=O) groups is 1.